The second-order valence-corrected chi connectivity index (χ2v) is 7.53. The minimum absolute atomic E-state index is 0.446. The van der Waals surface area contributed by atoms with Gasteiger partial charge in [-0.1, -0.05) is 31.0 Å². The number of aromatic nitrogens is 5. The fourth-order valence-corrected chi connectivity index (χ4v) is 4.35. The Balaban J connectivity index is 1.37. The first-order valence-electron chi connectivity index (χ1n) is 8.06. The average Bonchev–Trinajstić information content (AvgIpc) is 3.31. The highest BCUT2D eigenvalue weighted by molar-refractivity contribution is 7.98. The molecule has 0 atom stereocenters. The highest BCUT2D eigenvalue weighted by Crippen LogP contribution is 2.33. The molecule has 0 amide bonds. The third kappa shape index (κ3) is 3.64. The number of thioether (sulfide) groups is 1. The molecule has 0 bridgehead atoms. The smallest absolute Gasteiger partial charge is 0.276 e. The van der Waals surface area contributed by atoms with E-state index >= 15 is 0 Å². The fourth-order valence-electron chi connectivity index (χ4n) is 2.81. The lowest BCUT2D eigenvalue weighted by Crippen LogP contribution is -2.04. The van der Waals surface area contributed by atoms with Gasteiger partial charge in [-0.3, -0.25) is 0 Å². The molecule has 0 aliphatic heterocycles. The predicted molar refractivity (Wildman–Crippen MR) is 92.8 cm³/mol. The van der Waals surface area contributed by atoms with E-state index in [9.17, 15) is 0 Å². The summed E-state index contributed by atoms with van der Waals surface area (Å²) < 4.78 is 5.83. The summed E-state index contributed by atoms with van der Waals surface area (Å²) in [5.41, 5.74) is 0.977. The minimum atomic E-state index is 0.446. The Labute approximate surface area is 148 Å². The number of rotatable bonds is 5. The van der Waals surface area contributed by atoms with Crippen LogP contribution in [-0.4, -0.2) is 25.1 Å². The topological polar surface area (TPSA) is 77.6 Å². The normalized spacial score (nSPS) is 15.7. The molecule has 0 aromatic carbocycles. The summed E-state index contributed by atoms with van der Waals surface area (Å²) in [6, 6.07) is 1.80. The van der Waals surface area contributed by atoms with Crippen LogP contribution >= 0.6 is 23.1 Å². The predicted octanol–water partition coefficient (Wildman–Crippen LogP) is 4.32. The van der Waals surface area contributed by atoms with Gasteiger partial charge in [0.25, 0.3) is 5.22 Å². The van der Waals surface area contributed by atoms with Crippen LogP contribution in [-0.2, 0) is 5.75 Å². The molecule has 6 nitrogen and oxygen atoms in total. The van der Waals surface area contributed by atoms with Gasteiger partial charge in [-0.05, 0) is 18.9 Å². The van der Waals surface area contributed by atoms with E-state index in [1.807, 2.05) is 5.38 Å². The van der Waals surface area contributed by atoms with Gasteiger partial charge in [-0.15, -0.1) is 21.5 Å². The molecule has 0 radical (unpaired) electrons. The molecule has 0 unspecified atom stereocenters. The standard InChI is InChI=1S/C16H17N5OS2/c1-2-5-11(6-3-1)14-20-21-16(22-14)24-10-12-9-23-15(19-12)13-17-7-4-8-18-13/h4,7-9,11H,1-3,5-6,10H2. The van der Waals surface area contributed by atoms with Gasteiger partial charge in [-0.25, -0.2) is 15.0 Å². The van der Waals surface area contributed by atoms with Crippen molar-refractivity contribution >= 4 is 23.1 Å². The molecule has 1 saturated carbocycles. The number of hydrogen-bond acceptors (Lipinski definition) is 8. The molecule has 1 aliphatic rings. The molecule has 4 rings (SSSR count). The molecular weight excluding hydrogens is 342 g/mol. The van der Waals surface area contributed by atoms with Crippen LogP contribution in [0.25, 0.3) is 10.8 Å². The van der Waals surface area contributed by atoms with Gasteiger partial charge in [0.15, 0.2) is 10.8 Å². The number of nitrogens with zero attached hydrogens (tertiary/aromatic N) is 5. The van der Waals surface area contributed by atoms with Crippen molar-refractivity contribution in [2.45, 2.75) is 49.0 Å². The molecule has 3 aromatic rings. The fraction of sp³-hybridized carbons (Fsp3) is 0.438. The lowest BCUT2D eigenvalue weighted by Gasteiger charge is -2.17. The molecule has 124 valence electrons. The SMILES string of the molecule is c1cnc(-c2nc(CSc3nnc(C4CCCCC4)o3)cs2)nc1. The van der Waals surface area contributed by atoms with E-state index in [2.05, 4.69) is 25.1 Å². The quantitative estimate of drug-likeness (QED) is 0.628. The van der Waals surface area contributed by atoms with E-state index < -0.39 is 0 Å². The van der Waals surface area contributed by atoms with Crippen LogP contribution in [0, 0.1) is 0 Å². The largest absolute Gasteiger partial charge is 0.416 e. The Kier molecular flexibility index (Phi) is 4.84. The summed E-state index contributed by atoms with van der Waals surface area (Å²) in [4.78, 5) is 13.0. The Morgan fingerprint density at radius 3 is 2.79 bits per heavy atom. The molecule has 1 aliphatic carbocycles. The van der Waals surface area contributed by atoms with Crippen molar-refractivity contribution in [3.05, 3.63) is 35.4 Å². The van der Waals surface area contributed by atoms with Gasteiger partial charge in [-0.2, -0.15) is 0 Å². The van der Waals surface area contributed by atoms with E-state index in [0.29, 0.717) is 22.7 Å². The molecule has 0 N–H and O–H groups in total. The van der Waals surface area contributed by atoms with Gasteiger partial charge >= 0.3 is 0 Å². The summed E-state index contributed by atoms with van der Waals surface area (Å²) >= 11 is 3.08. The van der Waals surface area contributed by atoms with Gasteiger partial charge in [0.05, 0.1) is 5.69 Å². The number of hydrogen-bond donors (Lipinski definition) is 0. The lowest BCUT2D eigenvalue weighted by atomic mass is 9.89. The van der Waals surface area contributed by atoms with E-state index in [0.717, 1.165) is 16.6 Å². The number of thiazole rings is 1. The Bertz CT molecular complexity index is 783. The zero-order valence-corrected chi connectivity index (χ0v) is 14.7. The van der Waals surface area contributed by atoms with E-state index in [4.69, 9.17) is 4.42 Å². The van der Waals surface area contributed by atoms with Crippen molar-refractivity contribution < 1.29 is 4.42 Å². The average molecular weight is 359 g/mol. The second kappa shape index (κ2) is 7.40. The molecule has 3 heterocycles. The molecule has 1 fully saturated rings. The zero-order valence-electron chi connectivity index (χ0n) is 13.1. The monoisotopic (exact) mass is 359 g/mol. The second-order valence-electron chi connectivity index (χ2n) is 5.75. The maximum absolute atomic E-state index is 5.83. The van der Waals surface area contributed by atoms with Crippen molar-refractivity contribution in [2.24, 2.45) is 0 Å². The first-order chi connectivity index (χ1) is 11.9. The van der Waals surface area contributed by atoms with E-state index in [1.54, 1.807) is 29.8 Å². The van der Waals surface area contributed by atoms with Gasteiger partial charge in [0.1, 0.15) is 0 Å². The summed E-state index contributed by atoms with van der Waals surface area (Å²) in [5, 5.41) is 11.9. The molecule has 0 saturated heterocycles. The molecule has 0 spiro atoms. The van der Waals surface area contributed by atoms with E-state index in [1.165, 1.54) is 43.9 Å². The summed E-state index contributed by atoms with van der Waals surface area (Å²) in [6.07, 6.45) is 9.63. The maximum Gasteiger partial charge on any atom is 0.276 e. The Morgan fingerprint density at radius 2 is 1.96 bits per heavy atom. The summed E-state index contributed by atoms with van der Waals surface area (Å²) in [5.74, 6) is 2.61. The Hall–Kier alpha value is -1.80. The van der Waals surface area contributed by atoms with Crippen molar-refractivity contribution in [3.8, 4) is 10.8 Å². The van der Waals surface area contributed by atoms with Crippen LogP contribution in [0.15, 0.2) is 33.5 Å². The van der Waals surface area contributed by atoms with Crippen molar-refractivity contribution in [1.29, 1.82) is 0 Å². The van der Waals surface area contributed by atoms with Crippen molar-refractivity contribution in [1.82, 2.24) is 25.1 Å². The van der Waals surface area contributed by atoms with Gasteiger partial charge < -0.3 is 4.42 Å². The first kappa shape index (κ1) is 15.7. The molecule has 24 heavy (non-hydrogen) atoms. The minimum Gasteiger partial charge on any atom is -0.416 e. The highest BCUT2D eigenvalue weighted by Gasteiger charge is 2.21. The first-order valence-corrected chi connectivity index (χ1v) is 9.93. The third-order valence-corrected chi connectivity index (χ3v) is 5.77. The summed E-state index contributed by atoms with van der Waals surface area (Å²) in [6.45, 7) is 0. The van der Waals surface area contributed by atoms with Crippen LogP contribution in [0.2, 0.25) is 0 Å². The van der Waals surface area contributed by atoms with Crippen LogP contribution < -0.4 is 0 Å². The molecule has 8 heteroatoms. The molecular formula is C16H17N5OS2. The van der Waals surface area contributed by atoms with Gasteiger partial charge in [0, 0.05) is 29.4 Å². The lowest BCUT2D eigenvalue weighted by molar-refractivity contribution is 0.334. The van der Waals surface area contributed by atoms with Crippen LogP contribution in [0.4, 0.5) is 0 Å². The van der Waals surface area contributed by atoms with Crippen molar-refractivity contribution in [3.63, 3.8) is 0 Å². The Morgan fingerprint density at radius 1 is 1.12 bits per heavy atom. The zero-order chi connectivity index (χ0) is 16.2. The van der Waals surface area contributed by atoms with E-state index in [-0.39, 0.29) is 0 Å². The highest BCUT2D eigenvalue weighted by atomic mass is 32.2. The van der Waals surface area contributed by atoms with Crippen LogP contribution in [0.1, 0.15) is 49.6 Å². The van der Waals surface area contributed by atoms with Crippen molar-refractivity contribution in [2.75, 3.05) is 0 Å². The molecule has 3 aromatic heterocycles. The third-order valence-electron chi connectivity index (χ3n) is 4.03. The van der Waals surface area contributed by atoms with Crippen LogP contribution in [0.5, 0.6) is 0 Å². The maximum atomic E-state index is 5.83. The van der Waals surface area contributed by atoms with Crippen LogP contribution in [0.3, 0.4) is 0 Å². The summed E-state index contributed by atoms with van der Waals surface area (Å²) in [7, 11) is 0. The van der Waals surface area contributed by atoms with Gasteiger partial charge in [0.2, 0.25) is 5.89 Å².